The van der Waals surface area contributed by atoms with Crippen LogP contribution in [0.25, 0.3) is 11.5 Å². The standard InChI is InChI=1S/C20H18N4O3/c1-15-17(23-19(27-15)16-9-5-4-6-10-16)11-7-2-3-8-12-18(20(25)26)24-21-13-14-22-24/h2,4-7,9-10,13-14,18H,11-12H2,1H3,(H,25,26)/t18-/m0/s1. The summed E-state index contributed by atoms with van der Waals surface area (Å²) in [6.45, 7) is 1.88. The van der Waals surface area contributed by atoms with Gasteiger partial charge in [0.1, 0.15) is 5.76 Å². The quantitative estimate of drug-likeness (QED) is 0.677. The van der Waals surface area contributed by atoms with Gasteiger partial charge in [0, 0.05) is 18.4 Å². The van der Waals surface area contributed by atoms with Crippen LogP contribution in [0.2, 0.25) is 0 Å². The second kappa shape index (κ2) is 8.63. The number of allylic oxidation sites excluding steroid dienone is 2. The first-order valence-corrected chi connectivity index (χ1v) is 8.39. The van der Waals surface area contributed by atoms with Gasteiger partial charge in [0.25, 0.3) is 0 Å². The van der Waals surface area contributed by atoms with E-state index in [4.69, 9.17) is 4.42 Å². The SMILES string of the molecule is Cc1oc(-c2ccccc2)nc1CC=CC#CC[C@@H](C(=O)O)n1nccn1. The van der Waals surface area contributed by atoms with Crippen LogP contribution in [0.4, 0.5) is 0 Å². The normalized spacial score (nSPS) is 11.9. The number of aliphatic carboxylic acids is 1. The summed E-state index contributed by atoms with van der Waals surface area (Å²) < 4.78 is 5.72. The lowest BCUT2D eigenvalue weighted by Crippen LogP contribution is -2.20. The molecule has 2 heterocycles. The van der Waals surface area contributed by atoms with Crippen molar-refractivity contribution in [2.75, 3.05) is 0 Å². The fourth-order valence-electron chi connectivity index (χ4n) is 2.42. The van der Waals surface area contributed by atoms with Gasteiger partial charge in [-0.3, -0.25) is 0 Å². The maximum Gasteiger partial charge on any atom is 0.331 e. The number of rotatable bonds is 6. The Labute approximate surface area is 156 Å². The Morgan fingerprint density at radius 1 is 1.30 bits per heavy atom. The predicted octanol–water partition coefficient (Wildman–Crippen LogP) is 3.06. The molecule has 0 radical (unpaired) electrons. The van der Waals surface area contributed by atoms with E-state index in [1.807, 2.05) is 43.3 Å². The zero-order valence-corrected chi connectivity index (χ0v) is 14.7. The summed E-state index contributed by atoms with van der Waals surface area (Å²) in [5.41, 5.74) is 1.78. The summed E-state index contributed by atoms with van der Waals surface area (Å²) >= 11 is 0. The molecule has 0 aliphatic rings. The molecule has 1 N–H and O–H groups in total. The summed E-state index contributed by atoms with van der Waals surface area (Å²) in [5.74, 6) is 6.01. The molecule has 7 nitrogen and oxygen atoms in total. The van der Waals surface area contributed by atoms with E-state index in [1.165, 1.54) is 12.4 Å². The molecule has 1 atom stereocenters. The van der Waals surface area contributed by atoms with Gasteiger partial charge in [-0.15, -0.1) is 0 Å². The average Bonchev–Trinajstić information content (AvgIpc) is 3.32. The lowest BCUT2D eigenvalue weighted by Gasteiger charge is -2.06. The van der Waals surface area contributed by atoms with E-state index in [0.29, 0.717) is 12.3 Å². The predicted molar refractivity (Wildman–Crippen MR) is 98.6 cm³/mol. The number of aryl methyl sites for hydroxylation is 1. The third-order valence-corrected chi connectivity index (χ3v) is 3.82. The topological polar surface area (TPSA) is 94.0 Å². The van der Waals surface area contributed by atoms with Crippen molar-refractivity contribution in [3.8, 4) is 23.3 Å². The Hall–Kier alpha value is -3.66. The van der Waals surface area contributed by atoms with Crippen LogP contribution in [0.3, 0.4) is 0 Å². The van der Waals surface area contributed by atoms with Gasteiger partial charge in [0.05, 0.1) is 18.1 Å². The van der Waals surface area contributed by atoms with Crippen molar-refractivity contribution in [3.63, 3.8) is 0 Å². The summed E-state index contributed by atoms with van der Waals surface area (Å²) in [6.07, 6.45) is 7.14. The molecule has 0 aliphatic carbocycles. The van der Waals surface area contributed by atoms with Crippen molar-refractivity contribution in [3.05, 3.63) is 66.3 Å². The molecule has 0 fully saturated rings. The molecule has 2 aromatic heterocycles. The lowest BCUT2D eigenvalue weighted by atomic mass is 10.2. The number of hydrogen-bond acceptors (Lipinski definition) is 5. The van der Waals surface area contributed by atoms with Gasteiger partial charge in [-0.05, 0) is 25.1 Å². The molecule has 3 rings (SSSR count). The fraction of sp³-hybridized carbons (Fsp3) is 0.200. The van der Waals surface area contributed by atoms with E-state index in [1.54, 1.807) is 6.08 Å². The van der Waals surface area contributed by atoms with Gasteiger partial charge in [0.15, 0.2) is 6.04 Å². The monoisotopic (exact) mass is 362 g/mol. The molecule has 0 bridgehead atoms. The largest absolute Gasteiger partial charge is 0.480 e. The van der Waals surface area contributed by atoms with E-state index in [-0.39, 0.29) is 6.42 Å². The van der Waals surface area contributed by atoms with Crippen molar-refractivity contribution < 1.29 is 14.3 Å². The minimum Gasteiger partial charge on any atom is -0.480 e. The highest BCUT2D eigenvalue weighted by Gasteiger charge is 2.19. The first-order chi connectivity index (χ1) is 13.1. The Kier molecular flexibility index (Phi) is 5.80. The lowest BCUT2D eigenvalue weighted by molar-refractivity contribution is -0.141. The molecule has 27 heavy (non-hydrogen) atoms. The van der Waals surface area contributed by atoms with Crippen molar-refractivity contribution >= 4 is 5.97 Å². The van der Waals surface area contributed by atoms with E-state index < -0.39 is 12.0 Å². The number of aromatic nitrogens is 4. The molecule has 0 saturated heterocycles. The van der Waals surface area contributed by atoms with Crippen molar-refractivity contribution in [2.24, 2.45) is 0 Å². The molecular weight excluding hydrogens is 344 g/mol. The van der Waals surface area contributed by atoms with Gasteiger partial charge >= 0.3 is 5.97 Å². The number of oxazole rings is 1. The summed E-state index contributed by atoms with van der Waals surface area (Å²) in [6, 6.07) is 8.82. The second-order valence-electron chi connectivity index (χ2n) is 5.72. The second-order valence-corrected chi connectivity index (χ2v) is 5.72. The number of nitrogens with zero attached hydrogens (tertiary/aromatic N) is 4. The molecule has 136 valence electrons. The van der Waals surface area contributed by atoms with Crippen LogP contribution in [0.5, 0.6) is 0 Å². The third kappa shape index (κ3) is 4.70. The third-order valence-electron chi connectivity index (χ3n) is 3.82. The van der Waals surface area contributed by atoms with E-state index >= 15 is 0 Å². The first-order valence-electron chi connectivity index (χ1n) is 8.39. The highest BCUT2D eigenvalue weighted by atomic mass is 16.4. The van der Waals surface area contributed by atoms with Crippen LogP contribution in [-0.2, 0) is 11.2 Å². The van der Waals surface area contributed by atoms with Crippen LogP contribution in [-0.4, -0.2) is 31.1 Å². The Morgan fingerprint density at radius 2 is 2.04 bits per heavy atom. The van der Waals surface area contributed by atoms with Crippen molar-refractivity contribution in [2.45, 2.75) is 25.8 Å². The molecule has 0 amide bonds. The number of benzene rings is 1. The zero-order chi connectivity index (χ0) is 19.1. The van der Waals surface area contributed by atoms with Crippen molar-refractivity contribution in [1.29, 1.82) is 0 Å². The van der Waals surface area contributed by atoms with Crippen LogP contribution < -0.4 is 0 Å². The van der Waals surface area contributed by atoms with E-state index in [9.17, 15) is 9.90 Å². The molecule has 0 unspecified atom stereocenters. The Balaban J connectivity index is 1.58. The maximum absolute atomic E-state index is 11.3. The Morgan fingerprint density at radius 3 is 2.74 bits per heavy atom. The van der Waals surface area contributed by atoms with Gasteiger partial charge < -0.3 is 9.52 Å². The number of carboxylic acid groups (broad SMARTS) is 1. The average molecular weight is 362 g/mol. The van der Waals surface area contributed by atoms with E-state index in [2.05, 4.69) is 27.0 Å². The number of hydrogen-bond donors (Lipinski definition) is 1. The zero-order valence-electron chi connectivity index (χ0n) is 14.7. The maximum atomic E-state index is 11.3. The Bertz CT molecular complexity index is 979. The summed E-state index contributed by atoms with van der Waals surface area (Å²) in [7, 11) is 0. The minimum atomic E-state index is -1.02. The van der Waals surface area contributed by atoms with Gasteiger partial charge in [-0.1, -0.05) is 36.1 Å². The number of carbonyl (C=O) groups is 1. The van der Waals surface area contributed by atoms with Gasteiger partial charge in [-0.2, -0.15) is 15.0 Å². The minimum absolute atomic E-state index is 0.121. The van der Waals surface area contributed by atoms with Gasteiger partial charge in [0.2, 0.25) is 5.89 Å². The van der Waals surface area contributed by atoms with Crippen LogP contribution in [0, 0.1) is 18.8 Å². The molecule has 7 heteroatoms. The smallest absolute Gasteiger partial charge is 0.331 e. The highest BCUT2D eigenvalue weighted by molar-refractivity contribution is 5.71. The summed E-state index contributed by atoms with van der Waals surface area (Å²) in [4.78, 5) is 16.9. The molecule has 0 spiro atoms. The van der Waals surface area contributed by atoms with Crippen molar-refractivity contribution in [1.82, 2.24) is 20.0 Å². The highest BCUT2D eigenvalue weighted by Crippen LogP contribution is 2.21. The molecule has 3 aromatic rings. The van der Waals surface area contributed by atoms with Crippen LogP contribution in [0.1, 0.15) is 23.9 Å². The fourth-order valence-corrected chi connectivity index (χ4v) is 2.42. The van der Waals surface area contributed by atoms with Gasteiger partial charge in [-0.25, -0.2) is 9.78 Å². The molecular formula is C20H18N4O3. The van der Waals surface area contributed by atoms with Crippen LogP contribution in [0.15, 0.2) is 59.3 Å². The van der Waals surface area contributed by atoms with E-state index in [0.717, 1.165) is 21.8 Å². The summed E-state index contributed by atoms with van der Waals surface area (Å²) in [5, 5.41) is 16.9. The molecule has 1 aromatic carbocycles. The first kappa shape index (κ1) is 18.1. The van der Waals surface area contributed by atoms with Crippen LogP contribution >= 0.6 is 0 Å². The number of carboxylic acids is 1. The molecule has 0 aliphatic heterocycles. The molecule has 0 saturated carbocycles.